The van der Waals surface area contributed by atoms with E-state index in [9.17, 15) is 19.1 Å². The summed E-state index contributed by atoms with van der Waals surface area (Å²) in [6.07, 6.45) is 4.93. The van der Waals surface area contributed by atoms with Crippen LogP contribution < -0.4 is 10.6 Å². The van der Waals surface area contributed by atoms with Crippen molar-refractivity contribution in [3.63, 3.8) is 0 Å². The van der Waals surface area contributed by atoms with Crippen molar-refractivity contribution in [2.24, 2.45) is 0 Å². The van der Waals surface area contributed by atoms with Gasteiger partial charge in [-0.2, -0.15) is 0 Å². The number of aromatic hydroxyl groups is 1. The van der Waals surface area contributed by atoms with Crippen LogP contribution in [-0.4, -0.2) is 30.0 Å². The summed E-state index contributed by atoms with van der Waals surface area (Å²) in [5.74, 6) is -0.0426. The molecule has 0 saturated heterocycles. The number of nitrogens with one attached hydrogen (secondary N) is 2. The van der Waals surface area contributed by atoms with Crippen LogP contribution in [0.15, 0.2) is 18.2 Å². The van der Waals surface area contributed by atoms with E-state index in [1.54, 1.807) is 0 Å². The van der Waals surface area contributed by atoms with Gasteiger partial charge < -0.3 is 15.7 Å². The topological polar surface area (TPSA) is 78.4 Å². The van der Waals surface area contributed by atoms with Crippen LogP contribution in [0.2, 0.25) is 0 Å². The predicted molar refractivity (Wildman–Crippen MR) is 62.2 cm³/mol. The molecule has 1 rings (SSSR count). The second kappa shape index (κ2) is 6.25. The number of hydrogen-bond acceptors (Lipinski definition) is 3. The highest BCUT2D eigenvalue weighted by atomic mass is 19.1. The molecule has 0 fully saturated rings. The molecule has 1 aromatic rings. The first kappa shape index (κ1) is 13.5. The predicted octanol–water partition coefficient (Wildman–Crippen LogP) is 0.0105. The Kier molecular flexibility index (Phi) is 4.69. The lowest BCUT2D eigenvalue weighted by Crippen LogP contribution is -2.37. The molecule has 3 N–H and O–H groups in total. The summed E-state index contributed by atoms with van der Waals surface area (Å²) in [4.78, 5) is 22.7. The Hall–Kier alpha value is -2.55. The average molecular weight is 250 g/mol. The van der Waals surface area contributed by atoms with Crippen LogP contribution >= 0.6 is 0 Å². The van der Waals surface area contributed by atoms with Gasteiger partial charge >= 0.3 is 0 Å². The number of carbonyl (C=O) groups is 2. The number of halogens is 1. The zero-order valence-corrected chi connectivity index (χ0v) is 9.37. The highest BCUT2D eigenvalue weighted by Gasteiger charge is 2.12. The fourth-order valence-corrected chi connectivity index (χ4v) is 1.16. The third-order valence-corrected chi connectivity index (χ3v) is 2.00. The Morgan fingerprint density at radius 3 is 2.78 bits per heavy atom. The van der Waals surface area contributed by atoms with Crippen molar-refractivity contribution in [3.8, 4) is 18.1 Å². The van der Waals surface area contributed by atoms with Gasteiger partial charge in [0.15, 0.2) is 0 Å². The lowest BCUT2D eigenvalue weighted by atomic mass is 10.2. The van der Waals surface area contributed by atoms with Gasteiger partial charge in [0.2, 0.25) is 5.91 Å². The van der Waals surface area contributed by atoms with E-state index in [0.717, 1.165) is 18.2 Å². The van der Waals surface area contributed by atoms with Crippen LogP contribution in [0.1, 0.15) is 10.4 Å². The lowest BCUT2D eigenvalue weighted by Gasteiger charge is -2.06. The first-order chi connectivity index (χ1) is 8.54. The second-order valence-electron chi connectivity index (χ2n) is 3.33. The molecule has 2 amide bonds. The minimum absolute atomic E-state index is 0.0555. The standard InChI is InChI=1S/C12H11FN2O3/c1-2-5-14-11(17)7-15-12(18)9-6-8(13)3-4-10(9)16/h1,3-4,6,16H,5,7H2,(H,14,17)(H,15,18). The summed E-state index contributed by atoms with van der Waals surface area (Å²) in [5.41, 5.74) is -0.236. The quantitative estimate of drug-likeness (QED) is 0.659. The van der Waals surface area contributed by atoms with Gasteiger partial charge in [-0.25, -0.2) is 4.39 Å². The van der Waals surface area contributed by atoms with Crippen molar-refractivity contribution in [3.05, 3.63) is 29.6 Å². The summed E-state index contributed by atoms with van der Waals surface area (Å²) in [6, 6.07) is 2.96. The molecule has 94 valence electrons. The molecule has 18 heavy (non-hydrogen) atoms. The van der Waals surface area contributed by atoms with E-state index >= 15 is 0 Å². The maximum absolute atomic E-state index is 12.9. The Labute approximate surface area is 103 Å². The molecular weight excluding hydrogens is 239 g/mol. The van der Waals surface area contributed by atoms with Gasteiger partial charge in [-0.3, -0.25) is 9.59 Å². The summed E-state index contributed by atoms with van der Waals surface area (Å²) < 4.78 is 12.9. The molecule has 6 heteroatoms. The summed E-state index contributed by atoms with van der Waals surface area (Å²) in [6.45, 7) is -0.254. The lowest BCUT2D eigenvalue weighted by molar-refractivity contribution is -0.119. The van der Waals surface area contributed by atoms with Crippen molar-refractivity contribution in [1.29, 1.82) is 0 Å². The molecule has 0 heterocycles. The number of phenols is 1. The number of carbonyl (C=O) groups excluding carboxylic acids is 2. The van der Waals surface area contributed by atoms with Crippen molar-refractivity contribution in [2.75, 3.05) is 13.1 Å². The van der Waals surface area contributed by atoms with Gasteiger partial charge in [-0.15, -0.1) is 6.42 Å². The molecular formula is C12H11FN2O3. The van der Waals surface area contributed by atoms with Gasteiger partial charge in [0, 0.05) is 0 Å². The highest BCUT2D eigenvalue weighted by molar-refractivity contribution is 5.98. The molecule has 0 aliphatic carbocycles. The van der Waals surface area contributed by atoms with E-state index in [1.807, 2.05) is 0 Å². The van der Waals surface area contributed by atoms with E-state index < -0.39 is 17.6 Å². The molecule has 0 bridgehead atoms. The minimum atomic E-state index is -0.747. The monoisotopic (exact) mass is 250 g/mol. The van der Waals surface area contributed by atoms with Crippen LogP contribution in [0, 0.1) is 18.2 Å². The van der Waals surface area contributed by atoms with Crippen molar-refractivity contribution >= 4 is 11.8 Å². The Bertz CT molecular complexity index is 509. The molecule has 0 saturated carbocycles. The Morgan fingerprint density at radius 1 is 1.39 bits per heavy atom. The van der Waals surface area contributed by atoms with Crippen LogP contribution in [0.4, 0.5) is 4.39 Å². The van der Waals surface area contributed by atoms with Crippen molar-refractivity contribution in [1.82, 2.24) is 10.6 Å². The van der Waals surface area contributed by atoms with Crippen LogP contribution in [-0.2, 0) is 4.79 Å². The average Bonchev–Trinajstić information content (AvgIpc) is 2.36. The fourth-order valence-electron chi connectivity index (χ4n) is 1.16. The zero-order valence-electron chi connectivity index (χ0n) is 9.37. The highest BCUT2D eigenvalue weighted by Crippen LogP contribution is 2.17. The molecule has 0 unspecified atom stereocenters. The SMILES string of the molecule is C#CCNC(=O)CNC(=O)c1cc(F)ccc1O. The summed E-state index contributed by atoms with van der Waals surface area (Å²) >= 11 is 0. The van der Waals surface area contributed by atoms with E-state index in [4.69, 9.17) is 6.42 Å². The summed E-state index contributed by atoms with van der Waals surface area (Å²) in [7, 11) is 0. The number of rotatable bonds is 4. The summed E-state index contributed by atoms with van der Waals surface area (Å²) in [5, 5.41) is 13.9. The van der Waals surface area contributed by atoms with Gasteiger partial charge in [-0.1, -0.05) is 5.92 Å². The molecule has 0 aliphatic rings. The maximum atomic E-state index is 12.9. The van der Waals surface area contributed by atoms with Gasteiger partial charge in [0.05, 0.1) is 18.7 Å². The van der Waals surface area contributed by atoms with Gasteiger partial charge in [0.1, 0.15) is 11.6 Å². The number of phenolic OH excluding ortho intramolecular Hbond substituents is 1. The molecule has 0 atom stereocenters. The number of amides is 2. The smallest absolute Gasteiger partial charge is 0.255 e. The molecule has 0 radical (unpaired) electrons. The number of benzene rings is 1. The normalized spacial score (nSPS) is 9.33. The molecule has 0 aliphatic heterocycles. The molecule has 0 spiro atoms. The first-order valence-electron chi connectivity index (χ1n) is 5.01. The molecule has 1 aromatic carbocycles. The number of hydrogen-bond donors (Lipinski definition) is 3. The zero-order chi connectivity index (χ0) is 13.5. The van der Waals surface area contributed by atoms with Gasteiger partial charge in [-0.05, 0) is 18.2 Å². The van der Waals surface area contributed by atoms with Gasteiger partial charge in [0.25, 0.3) is 5.91 Å². The van der Waals surface area contributed by atoms with Crippen LogP contribution in [0.25, 0.3) is 0 Å². The first-order valence-corrected chi connectivity index (χ1v) is 5.01. The van der Waals surface area contributed by atoms with Crippen molar-refractivity contribution < 1.29 is 19.1 Å². The van der Waals surface area contributed by atoms with Crippen LogP contribution in [0.5, 0.6) is 5.75 Å². The molecule has 5 nitrogen and oxygen atoms in total. The van der Waals surface area contributed by atoms with E-state index in [2.05, 4.69) is 16.6 Å². The van der Waals surface area contributed by atoms with Crippen molar-refractivity contribution in [2.45, 2.75) is 0 Å². The Morgan fingerprint density at radius 2 is 2.11 bits per heavy atom. The fraction of sp³-hybridized carbons (Fsp3) is 0.167. The third-order valence-electron chi connectivity index (χ3n) is 2.00. The molecule has 0 aromatic heterocycles. The van der Waals surface area contributed by atoms with E-state index in [0.29, 0.717) is 0 Å². The Balaban J connectivity index is 2.58. The van der Waals surface area contributed by atoms with E-state index in [-0.39, 0.29) is 24.4 Å². The number of terminal acetylenes is 1. The minimum Gasteiger partial charge on any atom is -0.507 e. The largest absolute Gasteiger partial charge is 0.507 e. The maximum Gasteiger partial charge on any atom is 0.255 e. The second-order valence-corrected chi connectivity index (χ2v) is 3.33. The third kappa shape index (κ3) is 3.79. The van der Waals surface area contributed by atoms with Crippen LogP contribution in [0.3, 0.4) is 0 Å². The van der Waals surface area contributed by atoms with E-state index in [1.165, 1.54) is 0 Å².